The fraction of sp³-hybridized carbons (Fsp3) is 0.455. The molecule has 0 saturated heterocycles. The first kappa shape index (κ1) is 11.5. The molecule has 3 heteroatoms. The van der Waals surface area contributed by atoms with E-state index in [1.165, 1.54) is 0 Å². The average Bonchev–Trinajstić information content (AvgIpc) is 2.18. The van der Waals surface area contributed by atoms with Crippen LogP contribution in [-0.4, -0.2) is 12.1 Å². The summed E-state index contributed by atoms with van der Waals surface area (Å²) in [5, 5.41) is 3.44. The summed E-state index contributed by atoms with van der Waals surface area (Å²) in [6.45, 7) is 4.90. The summed E-state index contributed by atoms with van der Waals surface area (Å²) >= 11 is 3.44. The van der Waals surface area contributed by atoms with Crippen molar-refractivity contribution in [3.63, 3.8) is 0 Å². The summed E-state index contributed by atoms with van der Waals surface area (Å²) in [6.07, 6.45) is 1.01. The summed E-state index contributed by atoms with van der Waals surface area (Å²) in [6, 6.07) is 8.13. The molecule has 1 rings (SSSR count). The molecule has 1 unspecified atom stereocenters. The Kier molecular flexibility index (Phi) is 3.96. The Hall–Kier alpha value is -0.540. The molecule has 0 heterocycles. The van der Waals surface area contributed by atoms with Crippen molar-refractivity contribution in [3.05, 3.63) is 28.7 Å². The lowest BCUT2D eigenvalue weighted by Gasteiger charge is -2.29. The molecule has 0 bridgehead atoms. The monoisotopic (exact) mass is 256 g/mol. The van der Waals surface area contributed by atoms with Crippen molar-refractivity contribution in [2.45, 2.75) is 25.8 Å². The van der Waals surface area contributed by atoms with E-state index in [2.05, 4.69) is 41.2 Å². The van der Waals surface area contributed by atoms with Gasteiger partial charge in [0.05, 0.1) is 0 Å². The smallest absolute Gasteiger partial charge is 0.0465 e. The molecule has 0 aliphatic carbocycles. The van der Waals surface area contributed by atoms with Crippen LogP contribution in [0.1, 0.15) is 20.3 Å². The number of halogens is 1. The molecule has 78 valence electrons. The molecule has 1 aromatic carbocycles. The van der Waals surface area contributed by atoms with Crippen LogP contribution in [0.25, 0.3) is 0 Å². The minimum atomic E-state index is -0.0131. The van der Waals surface area contributed by atoms with Gasteiger partial charge >= 0.3 is 0 Å². The molecule has 0 amide bonds. The molecule has 0 fully saturated rings. The van der Waals surface area contributed by atoms with Crippen molar-refractivity contribution in [3.8, 4) is 0 Å². The summed E-state index contributed by atoms with van der Waals surface area (Å²) in [5.41, 5.74) is 6.82. The highest BCUT2D eigenvalue weighted by atomic mass is 79.9. The first-order chi connectivity index (χ1) is 6.59. The summed E-state index contributed by atoms with van der Waals surface area (Å²) < 4.78 is 1.08. The van der Waals surface area contributed by atoms with E-state index in [9.17, 15) is 0 Å². The minimum absolute atomic E-state index is 0.0131. The molecule has 2 nitrogen and oxygen atoms in total. The molecule has 0 saturated carbocycles. The summed E-state index contributed by atoms with van der Waals surface area (Å²) in [7, 11) is 0. The van der Waals surface area contributed by atoms with Gasteiger partial charge in [-0.3, -0.25) is 0 Å². The molecule has 0 aliphatic heterocycles. The van der Waals surface area contributed by atoms with Gasteiger partial charge in [0, 0.05) is 22.2 Å². The van der Waals surface area contributed by atoms with E-state index in [-0.39, 0.29) is 5.54 Å². The number of nitrogens with two attached hydrogens (primary N) is 1. The third kappa shape index (κ3) is 3.00. The van der Waals surface area contributed by atoms with E-state index < -0.39 is 0 Å². The zero-order valence-electron chi connectivity index (χ0n) is 8.68. The Labute approximate surface area is 94.0 Å². The third-order valence-corrected chi connectivity index (χ3v) is 2.99. The van der Waals surface area contributed by atoms with Crippen molar-refractivity contribution in [2.24, 2.45) is 5.73 Å². The molecule has 3 N–H and O–H groups in total. The SMILES string of the molecule is CCC(C)(CN)Nc1cccc(Br)c1. The van der Waals surface area contributed by atoms with E-state index in [4.69, 9.17) is 5.73 Å². The number of anilines is 1. The third-order valence-electron chi connectivity index (χ3n) is 2.50. The maximum absolute atomic E-state index is 5.73. The van der Waals surface area contributed by atoms with Gasteiger partial charge in [0.15, 0.2) is 0 Å². The van der Waals surface area contributed by atoms with Gasteiger partial charge in [0.1, 0.15) is 0 Å². The Morgan fingerprint density at radius 3 is 2.71 bits per heavy atom. The summed E-state index contributed by atoms with van der Waals surface area (Å²) in [5.74, 6) is 0. The lowest BCUT2D eigenvalue weighted by atomic mass is 9.99. The van der Waals surface area contributed by atoms with Crippen molar-refractivity contribution >= 4 is 21.6 Å². The molecular weight excluding hydrogens is 240 g/mol. The normalized spacial score (nSPS) is 14.9. The minimum Gasteiger partial charge on any atom is -0.379 e. The molecule has 0 radical (unpaired) electrons. The van der Waals surface area contributed by atoms with Gasteiger partial charge in [-0.25, -0.2) is 0 Å². The predicted octanol–water partition coefficient (Wildman–Crippen LogP) is 2.99. The molecule has 1 aromatic rings. The van der Waals surface area contributed by atoms with Crippen LogP contribution in [0.15, 0.2) is 28.7 Å². The number of hydrogen-bond donors (Lipinski definition) is 2. The van der Waals surface area contributed by atoms with E-state index in [0.717, 1.165) is 16.6 Å². The Balaban J connectivity index is 2.77. The Bertz CT molecular complexity index is 295. The van der Waals surface area contributed by atoms with Crippen LogP contribution in [-0.2, 0) is 0 Å². The van der Waals surface area contributed by atoms with Gasteiger partial charge in [-0.15, -0.1) is 0 Å². The zero-order chi connectivity index (χ0) is 10.6. The second-order valence-electron chi connectivity index (χ2n) is 3.75. The van der Waals surface area contributed by atoms with Gasteiger partial charge < -0.3 is 11.1 Å². The first-order valence-corrected chi connectivity index (χ1v) is 5.63. The predicted molar refractivity (Wildman–Crippen MR) is 65.5 cm³/mol. The van der Waals surface area contributed by atoms with Crippen molar-refractivity contribution in [1.29, 1.82) is 0 Å². The molecule has 14 heavy (non-hydrogen) atoms. The van der Waals surface area contributed by atoms with Gasteiger partial charge in [0.25, 0.3) is 0 Å². The highest BCUT2D eigenvalue weighted by Crippen LogP contribution is 2.20. The van der Waals surface area contributed by atoms with E-state index in [0.29, 0.717) is 6.54 Å². The lowest BCUT2D eigenvalue weighted by Crippen LogP contribution is -2.41. The summed E-state index contributed by atoms with van der Waals surface area (Å²) in [4.78, 5) is 0. The van der Waals surface area contributed by atoms with Crippen molar-refractivity contribution < 1.29 is 0 Å². The maximum atomic E-state index is 5.73. The lowest BCUT2D eigenvalue weighted by molar-refractivity contribution is 0.506. The van der Waals surface area contributed by atoms with Crippen molar-refractivity contribution in [2.75, 3.05) is 11.9 Å². The van der Waals surface area contributed by atoms with Crippen LogP contribution >= 0.6 is 15.9 Å². The number of hydrogen-bond acceptors (Lipinski definition) is 2. The maximum Gasteiger partial charge on any atom is 0.0465 e. The van der Waals surface area contributed by atoms with Crippen LogP contribution in [0.4, 0.5) is 5.69 Å². The standard InChI is InChI=1S/C11H17BrN2/c1-3-11(2,8-13)14-10-6-4-5-9(12)7-10/h4-7,14H,3,8,13H2,1-2H3. The number of nitrogens with one attached hydrogen (secondary N) is 1. The van der Waals surface area contributed by atoms with E-state index >= 15 is 0 Å². The topological polar surface area (TPSA) is 38.0 Å². The number of benzene rings is 1. The van der Waals surface area contributed by atoms with Gasteiger partial charge in [0.2, 0.25) is 0 Å². The quantitative estimate of drug-likeness (QED) is 0.870. The fourth-order valence-corrected chi connectivity index (χ4v) is 1.60. The zero-order valence-corrected chi connectivity index (χ0v) is 10.3. The highest BCUT2D eigenvalue weighted by Gasteiger charge is 2.18. The Morgan fingerprint density at radius 1 is 1.50 bits per heavy atom. The van der Waals surface area contributed by atoms with Crippen LogP contribution in [0.2, 0.25) is 0 Å². The Morgan fingerprint density at radius 2 is 2.21 bits per heavy atom. The first-order valence-electron chi connectivity index (χ1n) is 4.83. The highest BCUT2D eigenvalue weighted by molar-refractivity contribution is 9.10. The van der Waals surface area contributed by atoms with Crippen LogP contribution in [0.5, 0.6) is 0 Å². The van der Waals surface area contributed by atoms with Gasteiger partial charge in [-0.1, -0.05) is 28.9 Å². The molecule has 0 spiro atoms. The van der Waals surface area contributed by atoms with E-state index in [1.807, 2.05) is 18.2 Å². The average molecular weight is 257 g/mol. The second kappa shape index (κ2) is 4.80. The van der Waals surface area contributed by atoms with Crippen LogP contribution in [0.3, 0.4) is 0 Å². The van der Waals surface area contributed by atoms with Crippen LogP contribution < -0.4 is 11.1 Å². The largest absolute Gasteiger partial charge is 0.379 e. The molecule has 0 aromatic heterocycles. The van der Waals surface area contributed by atoms with Gasteiger partial charge in [-0.2, -0.15) is 0 Å². The molecule has 1 atom stereocenters. The van der Waals surface area contributed by atoms with Gasteiger partial charge in [-0.05, 0) is 31.5 Å². The number of rotatable bonds is 4. The van der Waals surface area contributed by atoms with E-state index in [1.54, 1.807) is 0 Å². The van der Waals surface area contributed by atoms with Crippen molar-refractivity contribution in [1.82, 2.24) is 0 Å². The van der Waals surface area contributed by atoms with Crippen LogP contribution in [0, 0.1) is 0 Å². The fourth-order valence-electron chi connectivity index (χ4n) is 1.20. The molecular formula is C11H17BrN2. The molecule has 0 aliphatic rings. The second-order valence-corrected chi connectivity index (χ2v) is 4.67.